The molecule has 12 heteroatoms. The van der Waals surface area contributed by atoms with Crippen LogP contribution in [-0.4, -0.2) is 28.7 Å². The van der Waals surface area contributed by atoms with Crippen molar-refractivity contribution in [2.75, 3.05) is 18.2 Å². The summed E-state index contributed by atoms with van der Waals surface area (Å²) >= 11 is 0.670. The van der Waals surface area contributed by atoms with Gasteiger partial charge >= 0.3 is 6.18 Å². The van der Waals surface area contributed by atoms with E-state index in [9.17, 15) is 28.1 Å². The van der Waals surface area contributed by atoms with Crippen molar-refractivity contribution >= 4 is 29.0 Å². The molecule has 1 N–H and O–H groups in total. The molecule has 0 bridgehead atoms. The van der Waals surface area contributed by atoms with Gasteiger partial charge < -0.3 is 10.1 Å². The number of ether oxygens (including phenoxy) is 1. The van der Waals surface area contributed by atoms with E-state index in [1.54, 1.807) is 0 Å². The van der Waals surface area contributed by atoms with Crippen LogP contribution < -0.4 is 10.1 Å². The molecule has 2 rings (SSSR count). The molecule has 2 aromatic rings. The van der Waals surface area contributed by atoms with Gasteiger partial charge in [-0.2, -0.15) is 18.4 Å². The number of nitrogens with zero attached hydrogens (tertiary/aromatic N) is 3. The Labute approximate surface area is 166 Å². The predicted molar refractivity (Wildman–Crippen MR) is 97.7 cm³/mol. The molecule has 0 unspecified atom stereocenters. The van der Waals surface area contributed by atoms with Gasteiger partial charge in [-0.05, 0) is 19.1 Å². The van der Waals surface area contributed by atoms with Gasteiger partial charge in [0.15, 0.2) is 0 Å². The number of alkyl halides is 3. The summed E-state index contributed by atoms with van der Waals surface area (Å²) in [5.41, 5.74) is -1.81. The Balaban J connectivity index is 2.19. The van der Waals surface area contributed by atoms with E-state index in [2.05, 4.69) is 10.3 Å². The fraction of sp³-hybridized carbons (Fsp3) is 0.235. The Kier molecular flexibility index (Phi) is 6.65. The van der Waals surface area contributed by atoms with E-state index in [1.165, 1.54) is 26.2 Å². The van der Waals surface area contributed by atoms with Crippen LogP contribution in [0.25, 0.3) is 0 Å². The van der Waals surface area contributed by atoms with Crippen molar-refractivity contribution in [3.8, 4) is 11.8 Å². The summed E-state index contributed by atoms with van der Waals surface area (Å²) in [4.78, 5) is 26.3. The minimum atomic E-state index is -4.73. The minimum Gasteiger partial charge on any atom is -0.494 e. The molecule has 1 aromatic carbocycles. The van der Waals surface area contributed by atoms with Gasteiger partial charge in [0.25, 0.3) is 5.69 Å². The molecule has 0 saturated carbocycles. The number of rotatable bonds is 6. The third kappa shape index (κ3) is 5.35. The van der Waals surface area contributed by atoms with Crippen LogP contribution in [0.2, 0.25) is 0 Å². The van der Waals surface area contributed by atoms with Gasteiger partial charge in [-0.3, -0.25) is 14.9 Å². The number of nitro benzene ring substituents is 1. The van der Waals surface area contributed by atoms with Crippen LogP contribution in [0.1, 0.15) is 16.8 Å². The molecule has 0 aliphatic carbocycles. The largest absolute Gasteiger partial charge is 0.494 e. The van der Waals surface area contributed by atoms with Crippen LogP contribution in [0.5, 0.6) is 5.75 Å². The number of hydrogen-bond acceptors (Lipinski definition) is 7. The standard InChI is InChI=1S/C17H13F3N4O4S/c1-9-5-12(17(18,19)20)11(7-21)16(22-9)29-8-15(25)23-13-4-3-10(24(26)27)6-14(13)28-2/h3-6H,8H2,1-2H3,(H,23,25). The lowest BCUT2D eigenvalue weighted by molar-refractivity contribution is -0.384. The fourth-order valence-electron chi connectivity index (χ4n) is 2.30. The molecule has 152 valence electrons. The molecule has 0 radical (unpaired) electrons. The number of carbonyl (C=O) groups is 1. The van der Waals surface area contributed by atoms with Crippen molar-refractivity contribution in [3.63, 3.8) is 0 Å². The maximum Gasteiger partial charge on any atom is 0.417 e. The number of anilines is 1. The summed E-state index contributed by atoms with van der Waals surface area (Å²) in [7, 11) is 1.26. The highest BCUT2D eigenvalue weighted by atomic mass is 32.2. The first kappa shape index (κ1) is 22.0. The second kappa shape index (κ2) is 8.78. The lowest BCUT2D eigenvalue weighted by atomic mass is 10.1. The number of benzene rings is 1. The topological polar surface area (TPSA) is 118 Å². The second-order valence-corrected chi connectivity index (χ2v) is 6.54. The second-order valence-electron chi connectivity index (χ2n) is 5.58. The van der Waals surface area contributed by atoms with Gasteiger partial charge in [-0.25, -0.2) is 4.98 Å². The van der Waals surface area contributed by atoms with Gasteiger partial charge in [-0.1, -0.05) is 11.8 Å². The minimum absolute atomic E-state index is 0.0447. The summed E-state index contributed by atoms with van der Waals surface area (Å²) < 4.78 is 44.4. The SMILES string of the molecule is COc1cc([N+](=O)[O-])ccc1NC(=O)CSc1nc(C)cc(C(F)(F)F)c1C#N. The van der Waals surface area contributed by atoms with Crippen LogP contribution >= 0.6 is 11.8 Å². The molecule has 0 aliphatic heterocycles. The lowest BCUT2D eigenvalue weighted by Crippen LogP contribution is -2.16. The first-order valence-electron chi connectivity index (χ1n) is 7.80. The molecule has 0 aliphatic rings. The first-order chi connectivity index (χ1) is 13.6. The van der Waals surface area contributed by atoms with Crippen LogP contribution in [0.15, 0.2) is 29.3 Å². The molecular formula is C17H13F3N4O4S. The Hall–Kier alpha value is -3.33. The third-order valence-electron chi connectivity index (χ3n) is 3.54. The Bertz CT molecular complexity index is 1010. The van der Waals surface area contributed by atoms with E-state index in [1.807, 2.05) is 0 Å². The van der Waals surface area contributed by atoms with Crippen LogP contribution in [0.3, 0.4) is 0 Å². The zero-order valence-corrected chi connectivity index (χ0v) is 15.8. The van der Waals surface area contributed by atoms with Gasteiger partial charge in [0.2, 0.25) is 5.91 Å². The molecule has 29 heavy (non-hydrogen) atoms. The van der Waals surface area contributed by atoms with Crippen molar-refractivity contribution in [2.45, 2.75) is 18.1 Å². The molecule has 0 fully saturated rings. The maximum atomic E-state index is 13.1. The summed E-state index contributed by atoms with van der Waals surface area (Å²) in [6, 6.07) is 5.81. The predicted octanol–water partition coefficient (Wildman–Crippen LogP) is 3.93. The van der Waals surface area contributed by atoms with Crippen molar-refractivity contribution < 1.29 is 27.6 Å². The Morgan fingerprint density at radius 2 is 2.10 bits per heavy atom. The number of nitrogens with one attached hydrogen (secondary N) is 1. The number of amides is 1. The summed E-state index contributed by atoms with van der Waals surface area (Å²) in [6.45, 7) is 1.35. The molecule has 1 amide bonds. The number of aryl methyl sites for hydroxylation is 1. The van der Waals surface area contributed by atoms with E-state index in [0.29, 0.717) is 11.8 Å². The number of nitro groups is 1. The number of methoxy groups -OCH3 is 1. The summed E-state index contributed by atoms with van der Waals surface area (Å²) in [5.74, 6) is -0.922. The average Bonchev–Trinajstić information content (AvgIpc) is 2.65. The van der Waals surface area contributed by atoms with Crippen molar-refractivity contribution in [3.05, 3.63) is 51.2 Å². The average molecular weight is 426 g/mol. The molecular weight excluding hydrogens is 413 g/mol. The van der Waals surface area contributed by atoms with Crippen molar-refractivity contribution in [1.29, 1.82) is 5.26 Å². The fourth-order valence-corrected chi connectivity index (χ4v) is 3.15. The molecule has 1 heterocycles. The molecule has 0 atom stereocenters. The normalized spacial score (nSPS) is 10.9. The molecule has 0 saturated heterocycles. The van der Waals surface area contributed by atoms with Gasteiger partial charge in [0.1, 0.15) is 16.8 Å². The van der Waals surface area contributed by atoms with E-state index >= 15 is 0 Å². The molecule has 8 nitrogen and oxygen atoms in total. The Morgan fingerprint density at radius 3 is 2.66 bits per heavy atom. The Morgan fingerprint density at radius 1 is 1.41 bits per heavy atom. The van der Waals surface area contributed by atoms with E-state index in [4.69, 9.17) is 10.00 Å². The molecule has 0 spiro atoms. The smallest absolute Gasteiger partial charge is 0.417 e. The number of halogens is 3. The van der Waals surface area contributed by atoms with Crippen LogP contribution in [0, 0.1) is 28.4 Å². The highest BCUT2D eigenvalue weighted by Gasteiger charge is 2.35. The number of aromatic nitrogens is 1. The van der Waals surface area contributed by atoms with Gasteiger partial charge in [0, 0.05) is 11.8 Å². The summed E-state index contributed by atoms with van der Waals surface area (Å²) in [6.07, 6.45) is -4.73. The van der Waals surface area contributed by atoms with Gasteiger partial charge in [-0.15, -0.1) is 0 Å². The van der Waals surface area contributed by atoms with Crippen molar-refractivity contribution in [2.24, 2.45) is 0 Å². The highest BCUT2D eigenvalue weighted by Crippen LogP contribution is 2.36. The zero-order chi connectivity index (χ0) is 21.8. The van der Waals surface area contributed by atoms with Crippen molar-refractivity contribution in [1.82, 2.24) is 4.98 Å². The third-order valence-corrected chi connectivity index (χ3v) is 4.52. The van der Waals surface area contributed by atoms with E-state index in [-0.39, 0.29) is 33.6 Å². The lowest BCUT2D eigenvalue weighted by Gasteiger charge is -2.13. The quantitative estimate of drug-likeness (QED) is 0.422. The number of pyridine rings is 1. The number of hydrogen-bond donors (Lipinski definition) is 1. The number of nitriles is 1. The highest BCUT2D eigenvalue weighted by molar-refractivity contribution is 8.00. The number of carbonyl (C=O) groups excluding carboxylic acids is 1. The van der Waals surface area contributed by atoms with Gasteiger partial charge in [0.05, 0.1) is 40.7 Å². The monoisotopic (exact) mass is 426 g/mol. The zero-order valence-electron chi connectivity index (χ0n) is 15.0. The van der Waals surface area contributed by atoms with E-state index in [0.717, 1.165) is 18.2 Å². The van der Waals surface area contributed by atoms with Crippen LogP contribution in [-0.2, 0) is 11.0 Å². The van der Waals surface area contributed by atoms with E-state index < -0.39 is 28.1 Å². The summed E-state index contributed by atoms with van der Waals surface area (Å²) in [5, 5.41) is 22.1. The van der Waals surface area contributed by atoms with Crippen LogP contribution in [0.4, 0.5) is 24.5 Å². The molecule has 1 aromatic heterocycles. The first-order valence-corrected chi connectivity index (χ1v) is 8.79. The maximum absolute atomic E-state index is 13.1. The number of non-ortho nitro benzene ring substituents is 1. The number of thioether (sulfide) groups is 1.